The Morgan fingerprint density at radius 2 is 2.15 bits per heavy atom. The van der Waals surface area contributed by atoms with Crippen LogP contribution in [0.4, 0.5) is 10.5 Å². The average Bonchev–Trinajstić information content (AvgIpc) is 2.92. The molecule has 0 aromatic heterocycles. The quantitative estimate of drug-likeness (QED) is 0.404. The van der Waals surface area contributed by atoms with Gasteiger partial charge in [-0.05, 0) is 24.1 Å². The minimum atomic E-state index is -1.49. The highest BCUT2D eigenvalue weighted by molar-refractivity contribution is 8.12. The van der Waals surface area contributed by atoms with Gasteiger partial charge < -0.3 is 24.4 Å². The second-order valence-corrected chi connectivity index (χ2v) is 5.79. The third-order valence-electron chi connectivity index (χ3n) is 3.38. The van der Waals surface area contributed by atoms with Gasteiger partial charge in [-0.3, -0.25) is 10.1 Å². The molecular weight excluding hydrogens is 370 g/mol. The molecule has 2 atom stereocenters. The maximum absolute atomic E-state index is 11.5. The van der Waals surface area contributed by atoms with Crippen LogP contribution in [0.5, 0.6) is 0 Å². The summed E-state index contributed by atoms with van der Waals surface area (Å²) < 4.78 is 14.8. The van der Waals surface area contributed by atoms with E-state index in [4.69, 9.17) is 14.2 Å². The van der Waals surface area contributed by atoms with E-state index in [-0.39, 0.29) is 23.6 Å². The highest BCUT2D eigenvalue weighted by Gasteiger charge is 2.41. The fourth-order valence-electron chi connectivity index (χ4n) is 2.13. The van der Waals surface area contributed by atoms with E-state index in [0.717, 1.165) is 11.8 Å². The minimum Gasteiger partial charge on any atom is -0.499 e. The van der Waals surface area contributed by atoms with Crippen molar-refractivity contribution in [1.29, 1.82) is 0 Å². The van der Waals surface area contributed by atoms with Gasteiger partial charge in [-0.2, -0.15) is 0 Å². The van der Waals surface area contributed by atoms with E-state index in [1.807, 2.05) is 0 Å². The number of hydrogen-bond acceptors (Lipinski definition) is 10. The number of aliphatic hydroxyl groups is 2. The van der Waals surface area contributed by atoms with Crippen molar-refractivity contribution < 1.29 is 38.9 Å². The second-order valence-electron chi connectivity index (χ2n) is 5.05. The molecule has 26 heavy (non-hydrogen) atoms. The molecule has 1 aliphatic heterocycles. The number of cyclic esters (lactones) is 1. The zero-order valence-corrected chi connectivity index (χ0v) is 14.3. The largest absolute Gasteiger partial charge is 0.499 e. The number of carbonyl (C=O) groups is 2. The predicted molar refractivity (Wildman–Crippen MR) is 88.3 cm³/mol. The number of hydrogen-bond donors (Lipinski definition) is 2. The lowest BCUT2D eigenvalue weighted by Gasteiger charge is -2.19. The summed E-state index contributed by atoms with van der Waals surface area (Å²) in [6.45, 7) is -0.843. The standard InChI is InChI=1S/C15H15NO9S/c1-26-15(20)24-7-10(17)12-13(11(18)14(19)25-12)23-6-8-4-2-3-5-9(8)16(21)22/h2-5,10,12,17-18H,6-7H2,1H3. The van der Waals surface area contributed by atoms with Crippen LogP contribution in [-0.4, -0.2) is 51.5 Å². The lowest BCUT2D eigenvalue weighted by atomic mass is 10.1. The van der Waals surface area contributed by atoms with Gasteiger partial charge in [-0.25, -0.2) is 9.59 Å². The molecule has 0 spiro atoms. The Hall–Kier alpha value is -2.79. The fraction of sp³-hybridized carbons (Fsp3) is 0.333. The average molecular weight is 385 g/mol. The van der Waals surface area contributed by atoms with Gasteiger partial charge in [0.25, 0.3) is 5.69 Å². The zero-order chi connectivity index (χ0) is 19.3. The Morgan fingerprint density at radius 1 is 1.46 bits per heavy atom. The van der Waals surface area contributed by atoms with Crippen LogP contribution >= 0.6 is 11.8 Å². The number of benzene rings is 1. The number of para-hydroxylation sites is 1. The van der Waals surface area contributed by atoms with E-state index in [1.165, 1.54) is 24.5 Å². The Morgan fingerprint density at radius 3 is 2.81 bits per heavy atom. The number of nitrogens with zero attached hydrogens (tertiary/aromatic N) is 1. The number of aliphatic hydroxyl groups excluding tert-OH is 2. The Labute approximate surface area is 151 Å². The Kier molecular flexibility index (Phi) is 6.41. The number of ether oxygens (including phenoxy) is 3. The molecule has 0 amide bonds. The van der Waals surface area contributed by atoms with Crippen molar-refractivity contribution in [2.45, 2.75) is 18.8 Å². The summed E-state index contributed by atoms with van der Waals surface area (Å²) in [5, 5.41) is 30.2. The third kappa shape index (κ3) is 4.43. The minimum absolute atomic E-state index is 0.194. The van der Waals surface area contributed by atoms with Crippen LogP contribution in [0, 0.1) is 10.1 Å². The fourth-order valence-corrected chi connectivity index (χ4v) is 2.32. The van der Waals surface area contributed by atoms with Crippen molar-refractivity contribution in [2.75, 3.05) is 12.9 Å². The van der Waals surface area contributed by atoms with Gasteiger partial charge in [-0.15, -0.1) is 0 Å². The van der Waals surface area contributed by atoms with Crippen LogP contribution in [-0.2, 0) is 25.6 Å². The number of thioether (sulfide) groups is 1. The van der Waals surface area contributed by atoms with E-state index in [2.05, 4.69) is 0 Å². The topological polar surface area (TPSA) is 145 Å². The summed E-state index contributed by atoms with van der Waals surface area (Å²) >= 11 is 0.787. The SMILES string of the molecule is CSC(=O)OCC(O)C1OC(=O)C(O)=C1OCc1ccccc1[N+](=O)[O-]. The van der Waals surface area contributed by atoms with E-state index in [1.54, 1.807) is 6.07 Å². The Bertz CT molecular complexity index is 748. The highest BCUT2D eigenvalue weighted by Crippen LogP contribution is 2.28. The molecule has 1 aliphatic rings. The van der Waals surface area contributed by atoms with Crippen LogP contribution in [0.25, 0.3) is 0 Å². The van der Waals surface area contributed by atoms with Crippen LogP contribution < -0.4 is 0 Å². The van der Waals surface area contributed by atoms with E-state index < -0.39 is 40.8 Å². The molecule has 2 rings (SSSR count). The molecule has 0 aliphatic carbocycles. The first-order valence-electron chi connectivity index (χ1n) is 7.23. The van der Waals surface area contributed by atoms with Crippen molar-refractivity contribution in [3.63, 3.8) is 0 Å². The number of esters is 1. The van der Waals surface area contributed by atoms with Crippen molar-refractivity contribution in [3.8, 4) is 0 Å². The summed E-state index contributed by atoms with van der Waals surface area (Å²) in [5.74, 6) is -2.37. The zero-order valence-electron chi connectivity index (χ0n) is 13.5. The first-order chi connectivity index (χ1) is 12.3. The molecule has 0 saturated carbocycles. The van der Waals surface area contributed by atoms with E-state index in [0.29, 0.717) is 0 Å². The molecule has 1 aromatic rings. The molecular formula is C15H15NO9S. The molecule has 11 heteroatoms. The maximum Gasteiger partial charge on any atom is 0.378 e. The molecule has 10 nitrogen and oxygen atoms in total. The number of rotatable bonds is 7. The van der Waals surface area contributed by atoms with Crippen LogP contribution in [0.3, 0.4) is 0 Å². The molecule has 140 valence electrons. The highest BCUT2D eigenvalue weighted by atomic mass is 32.2. The van der Waals surface area contributed by atoms with Crippen LogP contribution in [0.15, 0.2) is 35.8 Å². The summed E-state index contributed by atoms with van der Waals surface area (Å²) in [6, 6.07) is 5.76. The molecule has 1 aromatic carbocycles. The van der Waals surface area contributed by atoms with Crippen molar-refractivity contribution in [1.82, 2.24) is 0 Å². The molecule has 0 fully saturated rings. The van der Waals surface area contributed by atoms with Crippen molar-refractivity contribution in [2.24, 2.45) is 0 Å². The summed E-state index contributed by atoms with van der Waals surface area (Å²) in [6.07, 6.45) is -1.41. The first-order valence-corrected chi connectivity index (χ1v) is 8.45. The van der Waals surface area contributed by atoms with Gasteiger partial charge in [0.2, 0.25) is 5.76 Å². The molecule has 0 bridgehead atoms. The van der Waals surface area contributed by atoms with E-state index in [9.17, 15) is 29.9 Å². The second kappa shape index (κ2) is 8.54. The molecule has 1 heterocycles. The van der Waals surface area contributed by atoms with Crippen LogP contribution in [0.1, 0.15) is 5.56 Å². The lowest BCUT2D eigenvalue weighted by Crippen LogP contribution is -2.34. The Balaban J connectivity index is 2.11. The van der Waals surface area contributed by atoms with Crippen molar-refractivity contribution >= 4 is 28.7 Å². The van der Waals surface area contributed by atoms with Gasteiger partial charge in [-0.1, -0.05) is 12.1 Å². The van der Waals surface area contributed by atoms with Gasteiger partial charge in [0.15, 0.2) is 11.9 Å². The van der Waals surface area contributed by atoms with Gasteiger partial charge in [0.1, 0.15) is 19.3 Å². The molecule has 0 radical (unpaired) electrons. The number of nitro groups is 1. The molecule has 2 N–H and O–H groups in total. The normalized spacial score (nSPS) is 17.6. The predicted octanol–water partition coefficient (Wildman–Crippen LogP) is 1.67. The number of nitro benzene ring substituents is 1. The summed E-state index contributed by atoms with van der Waals surface area (Å²) in [7, 11) is 0. The third-order valence-corrected chi connectivity index (χ3v) is 3.83. The summed E-state index contributed by atoms with van der Waals surface area (Å²) in [4.78, 5) is 33.1. The van der Waals surface area contributed by atoms with Gasteiger partial charge in [0, 0.05) is 6.07 Å². The smallest absolute Gasteiger partial charge is 0.378 e. The summed E-state index contributed by atoms with van der Waals surface area (Å²) in [5.41, 5.74) is -0.0111. The van der Waals surface area contributed by atoms with Crippen LogP contribution in [0.2, 0.25) is 0 Å². The molecule has 2 unspecified atom stereocenters. The van der Waals surface area contributed by atoms with E-state index >= 15 is 0 Å². The monoisotopic (exact) mass is 385 g/mol. The lowest BCUT2D eigenvalue weighted by molar-refractivity contribution is -0.385. The van der Waals surface area contributed by atoms with Crippen molar-refractivity contribution in [3.05, 3.63) is 51.5 Å². The maximum atomic E-state index is 11.5. The number of carbonyl (C=O) groups excluding carboxylic acids is 2. The van der Waals surface area contributed by atoms with Gasteiger partial charge >= 0.3 is 11.3 Å². The first kappa shape index (κ1) is 19.5. The van der Waals surface area contributed by atoms with Gasteiger partial charge in [0.05, 0.1) is 10.5 Å². The molecule has 0 saturated heterocycles.